The summed E-state index contributed by atoms with van der Waals surface area (Å²) >= 11 is 3.19. The summed E-state index contributed by atoms with van der Waals surface area (Å²) in [5.41, 5.74) is 1.59. The van der Waals surface area contributed by atoms with Crippen LogP contribution in [0.5, 0.6) is 11.5 Å². The summed E-state index contributed by atoms with van der Waals surface area (Å²) < 4.78 is 11.5. The SMILES string of the molecule is COc1cc(C=C(C#N)C(=O)Nc2ccc([N+](=O)[O-])cc2Br)ccc1OCc1ccccc1. The number of halogens is 1. The van der Waals surface area contributed by atoms with Gasteiger partial charge in [0.25, 0.3) is 11.6 Å². The van der Waals surface area contributed by atoms with E-state index in [0.29, 0.717) is 33.8 Å². The molecule has 3 rings (SSSR count). The first-order valence-corrected chi connectivity index (χ1v) is 10.4. The molecule has 0 saturated carbocycles. The number of nitrogens with one attached hydrogen (secondary N) is 1. The molecule has 0 heterocycles. The number of nitro benzene ring substituents is 1. The van der Waals surface area contributed by atoms with Crippen LogP contribution in [0.4, 0.5) is 11.4 Å². The number of hydrogen-bond acceptors (Lipinski definition) is 6. The van der Waals surface area contributed by atoms with Crippen molar-refractivity contribution in [3.63, 3.8) is 0 Å². The van der Waals surface area contributed by atoms with Crippen LogP contribution in [-0.4, -0.2) is 17.9 Å². The third kappa shape index (κ3) is 6.18. The number of anilines is 1. The quantitative estimate of drug-likeness (QED) is 0.186. The van der Waals surface area contributed by atoms with Crippen molar-refractivity contribution in [2.24, 2.45) is 0 Å². The summed E-state index contributed by atoms with van der Waals surface area (Å²) in [5.74, 6) is 0.321. The number of non-ortho nitro benzene ring substituents is 1. The number of rotatable bonds is 8. The molecule has 0 unspecified atom stereocenters. The van der Waals surface area contributed by atoms with Crippen LogP contribution < -0.4 is 14.8 Å². The highest BCUT2D eigenvalue weighted by molar-refractivity contribution is 9.10. The van der Waals surface area contributed by atoms with Gasteiger partial charge in [-0.05, 0) is 51.3 Å². The topological polar surface area (TPSA) is 114 Å². The molecule has 0 aliphatic heterocycles. The predicted octanol–water partition coefficient (Wildman–Crippen LogP) is 5.49. The molecule has 33 heavy (non-hydrogen) atoms. The molecule has 0 fully saturated rings. The monoisotopic (exact) mass is 507 g/mol. The Hall–Kier alpha value is -4.16. The Morgan fingerprint density at radius 3 is 2.55 bits per heavy atom. The zero-order valence-corrected chi connectivity index (χ0v) is 19.0. The molecule has 166 valence electrons. The summed E-state index contributed by atoms with van der Waals surface area (Å²) in [7, 11) is 1.50. The van der Waals surface area contributed by atoms with Gasteiger partial charge in [0.05, 0.1) is 17.7 Å². The van der Waals surface area contributed by atoms with Crippen molar-refractivity contribution >= 4 is 39.3 Å². The number of nitriles is 1. The van der Waals surface area contributed by atoms with Gasteiger partial charge in [0, 0.05) is 16.6 Å². The van der Waals surface area contributed by atoms with Gasteiger partial charge in [-0.25, -0.2) is 0 Å². The Bertz CT molecular complexity index is 1250. The van der Waals surface area contributed by atoms with Crippen LogP contribution in [0.2, 0.25) is 0 Å². The number of nitro groups is 1. The van der Waals surface area contributed by atoms with Gasteiger partial charge in [-0.2, -0.15) is 5.26 Å². The van der Waals surface area contributed by atoms with E-state index in [9.17, 15) is 20.2 Å². The Labute approximate surface area is 198 Å². The van der Waals surface area contributed by atoms with E-state index in [1.54, 1.807) is 18.2 Å². The lowest BCUT2D eigenvalue weighted by Crippen LogP contribution is -2.14. The number of methoxy groups -OCH3 is 1. The maximum atomic E-state index is 12.6. The number of amides is 1. The molecule has 0 aliphatic rings. The second kappa shape index (κ2) is 10.9. The summed E-state index contributed by atoms with van der Waals surface area (Å²) in [5, 5.41) is 22.9. The fourth-order valence-electron chi connectivity index (χ4n) is 2.85. The van der Waals surface area contributed by atoms with Gasteiger partial charge in [0.2, 0.25) is 0 Å². The van der Waals surface area contributed by atoms with Gasteiger partial charge in [-0.3, -0.25) is 14.9 Å². The number of hydrogen-bond donors (Lipinski definition) is 1. The first-order chi connectivity index (χ1) is 15.9. The van der Waals surface area contributed by atoms with Gasteiger partial charge >= 0.3 is 0 Å². The second-order valence-electron chi connectivity index (χ2n) is 6.73. The fourth-order valence-corrected chi connectivity index (χ4v) is 3.32. The number of ether oxygens (including phenoxy) is 2. The van der Waals surface area contributed by atoms with Gasteiger partial charge in [-0.15, -0.1) is 0 Å². The molecule has 1 N–H and O–H groups in total. The molecule has 0 aromatic heterocycles. The van der Waals surface area contributed by atoms with E-state index in [-0.39, 0.29) is 11.3 Å². The normalized spacial score (nSPS) is 10.8. The zero-order chi connectivity index (χ0) is 23.8. The minimum atomic E-state index is -0.657. The molecule has 0 spiro atoms. The molecule has 0 atom stereocenters. The lowest BCUT2D eigenvalue weighted by atomic mass is 10.1. The van der Waals surface area contributed by atoms with Crippen LogP contribution in [0.25, 0.3) is 6.08 Å². The Balaban J connectivity index is 1.76. The molecule has 0 bridgehead atoms. The second-order valence-corrected chi connectivity index (χ2v) is 7.58. The fraction of sp³-hybridized carbons (Fsp3) is 0.0833. The van der Waals surface area contributed by atoms with Crippen molar-refractivity contribution in [1.82, 2.24) is 0 Å². The van der Waals surface area contributed by atoms with E-state index in [2.05, 4.69) is 21.2 Å². The predicted molar refractivity (Wildman–Crippen MR) is 127 cm³/mol. The van der Waals surface area contributed by atoms with Crippen LogP contribution >= 0.6 is 15.9 Å². The molecular weight excluding hydrogens is 490 g/mol. The summed E-state index contributed by atoms with van der Waals surface area (Å²) in [4.78, 5) is 22.9. The van der Waals surface area contributed by atoms with Gasteiger partial charge in [-0.1, -0.05) is 36.4 Å². The highest BCUT2D eigenvalue weighted by Crippen LogP contribution is 2.30. The molecule has 0 aliphatic carbocycles. The number of benzene rings is 3. The Morgan fingerprint density at radius 1 is 1.15 bits per heavy atom. The maximum Gasteiger partial charge on any atom is 0.270 e. The van der Waals surface area contributed by atoms with Crippen molar-refractivity contribution in [2.45, 2.75) is 6.61 Å². The van der Waals surface area contributed by atoms with E-state index in [4.69, 9.17) is 9.47 Å². The smallest absolute Gasteiger partial charge is 0.270 e. The number of carbonyl (C=O) groups is 1. The van der Waals surface area contributed by atoms with E-state index in [1.807, 2.05) is 36.4 Å². The standard InChI is InChI=1S/C24H18BrN3O5/c1-32-23-12-17(7-10-22(23)33-15-16-5-3-2-4-6-16)11-18(14-26)24(29)27-21-9-8-19(28(30)31)13-20(21)25/h2-13H,15H2,1H3,(H,27,29). The van der Waals surface area contributed by atoms with Crippen LogP contribution in [0.1, 0.15) is 11.1 Å². The van der Waals surface area contributed by atoms with E-state index < -0.39 is 10.8 Å². The lowest BCUT2D eigenvalue weighted by molar-refractivity contribution is -0.384. The van der Waals surface area contributed by atoms with Gasteiger partial charge in [0.1, 0.15) is 18.2 Å². The highest BCUT2D eigenvalue weighted by atomic mass is 79.9. The summed E-state index contributed by atoms with van der Waals surface area (Å²) in [6.45, 7) is 0.363. The minimum absolute atomic E-state index is 0.127. The number of nitrogens with zero attached hydrogens (tertiary/aromatic N) is 2. The third-order valence-corrected chi connectivity index (χ3v) is 5.17. The lowest BCUT2D eigenvalue weighted by Gasteiger charge is -2.12. The molecule has 1 amide bonds. The minimum Gasteiger partial charge on any atom is -0.493 e. The van der Waals surface area contributed by atoms with Crippen molar-refractivity contribution in [2.75, 3.05) is 12.4 Å². The zero-order valence-electron chi connectivity index (χ0n) is 17.4. The van der Waals surface area contributed by atoms with Crippen LogP contribution in [0.15, 0.2) is 76.8 Å². The highest BCUT2D eigenvalue weighted by Gasteiger charge is 2.15. The Kier molecular flexibility index (Phi) is 7.78. The first-order valence-electron chi connectivity index (χ1n) is 9.63. The first kappa shape index (κ1) is 23.5. The van der Waals surface area contributed by atoms with Gasteiger partial charge in [0.15, 0.2) is 11.5 Å². The van der Waals surface area contributed by atoms with Crippen LogP contribution in [0.3, 0.4) is 0 Å². The Morgan fingerprint density at radius 2 is 1.91 bits per heavy atom. The van der Waals surface area contributed by atoms with Crippen molar-refractivity contribution in [3.05, 3.63) is 98.0 Å². The van der Waals surface area contributed by atoms with Crippen molar-refractivity contribution in [3.8, 4) is 17.6 Å². The van der Waals surface area contributed by atoms with Crippen LogP contribution in [0, 0.1) is 21.4 Å². The maximum absolute atomic E-state index is 12.6. The van der Waals surface area contributed by atoms with E-state index in [1.165, 1.54) is 31.4 Å². The van der Waals surface area contributed by atoms with Crippen LogP contribution in [-0.2, 0) is 11.4 Å². The summed E-state index contributed by atoms with van der Waals surface area (Å²) in [6, 6.07) is 20.5. The molecule has 0 radical (unpaired) electrons. The van der Waals surface area contributed by atoms with Crippen molar-refractivity contribution in [1.29, 1.82) is 5.26 Å². The van der Waals surface area contributed by atoms with E-state index in [0.717, 1.165) is 5.56 Å². The summed E-state index contributed by atoms with van der Waals surface area (Å²) in [6.07, 6.45) is 1.41. The molecule has 9 heteroatoms. The van der Waals surface area contributed by atoms with E-state index >= 15 is 0 Å². The third-order valence-electron chi connectivity index (χ3n) is 4.51. The molecule has 3 aromatic rings. The molecule has 0 saturated heterocycles. The molecule has 8 nitrogen and oxygen atoms in total. The average Bonchev–Trinajstić information content (AvgIpc) is 2.83. The average molecular weight is 508 g/mol. The molecule has 3 aromatic carbocycles. The van der Waals surface area contributed by atoms with Crippen molar-refractivity contribution < 1.29 is 19.2 Å². The molecular formula is C24H18BrN3O5. The number of carbonyl (C=O) groups excluding carboxylic acids is 1. The van der Waals surface area contributed by atoms with Gasteiger partial charge < -0.3 is 14.8 Å². The largest absolute Gasteiger partial charge is 0.493 e.